The van der Waals surface area contributed by atoms with Crippen molar-refractivity contribution in [2.45, 2.75) is 57.6 Å². The van der Waals surface area contributed by atoms with E-state index in [2.05, 4.69) is 5.32 Å². The van der Waals surface area contributed by atoms with E-state index in [0.29, 0.717) is 29.6 Å². The van der Waals surface area contributed by atoms with E-state index in [-0.39, 0.29) is 18.9 Å². The number of halogens is 2. The van der Waals surface area contributed by atoms with Gasteiger partial charge in [-0.05, 0) is 18.9 Å². The fourth-order valence-corrected chi connectivity index (χ4v) is 3.16. The number of nitrogens with zero attached hydrogens (tertiary/aromatic N) is 1. The highest BCUT2D eigenvalue weighted by Crippen LogP contribution is 2.12. The Bertz CT molecular complexity index is 678. The zero-order chi connectivity index (χ0) is 22.6. The van der Waals surface area contributed by atoms with Gasteiger partial charge in [0, 0.05) is 37.0 Å². The van der Waals surface area contributed by atoms with Gasteiger partial charge in [0.05, 0.1) is 40.3 Å². The Morgan fingerprint density at radius 3 is 2.40 bits per heavy atom. The van der Waals surface area contributed by atoms with Gasteiger partial charge in [0.2, 0.25) is 5.91 Å². The molecule has 0 aliphatic rings. The Kier molecular flexibility index (Phi) is 11.5. The lowest BCUT2D eigenvalue weighted by Gasteiger charge is -2.30. The summed E-state index contributed by atoms with van der Waals surface area (Å²) in [7, 11) is 5.82. The minimum absolute atomic E-state index is 0.118. The van der Waals surface area contributed by atoms with Crippen molar-refractivity contribution in [1.82, 2.24) is 5.32 Å². The first kappa shape index (κ1) is 26.0. The van der Waals surface area contributed by atoms with Crippen molar-refractivity contribution in [3.8, 4) is 0 Å². The fraction of sp³-hybridized carbons (Fsp3) is 0.636. The molecule has 0 bridgehead atoms. The lowest BCUT2D eigenvalue weighted by Crippen LogP contribution is -2.50. The highest BCUT2D eigenvalue weighted by molar-refractivity contribution is 5.77. The number of hydrogen-bond acceptors (Lipinski definition) is 4. The molecule has 1 atom stereocenters. The van der Waals surface area contributed by atoms with Crippen molar-refractivity contribution < 1.29 is 32.7 Å². The van der Waals surface area contributed by atoms with Gasteiger partial charge >= 0.3 is 0 Å². The number of carboxylic acid groups (broad SMARTS) is 1. The molecule has 1 aromatic rings. The predicted octanol–water partition coefficient (Wildman–Crippen LogP) is 2.15. The molecule has 170 valence electrons. The molecule has 0 aliphatic heterocycles. The summed E-state index contributed by atoms with van der Waals surface area (Å²) in [5.41, 5.74) is 0.338. The quantitative estimate of drug-likeness (QED) is 0.343. The van der Waals surface area contributed by atoms with Crippen LogP contribution in [-0.2, 0) is 20.9 Å². The van der Waals surface area contributed by atoms with Crippen LogP contribution in [0.15, 0.2) is 18.2 Å². The van der Waals surface area contributed by atoms with Gasteiger partial charge in [0.15, 0.2) is 0 Å². The van der Waals surface area contributed by atoms with Crippen molar-refractivity contribution in [3.05, 3.63) is 35.4 Å². The zero-order valence-electron chi connectivity index (χ0n) is 18.2. The van der Waals surface area contributed by atoms with E-state index in [1.54, 1.807) is 0 Å². The second-order valence-corrected chi connectivity index (χ2v) is 8.62. The Balaban J connectivity index is 2.10. The minimum Gasteiger partial charge on any atom is -0.550 e. The van der Waals surface area contributed by atoms with E-state index < -0.39 is 23.6 Å². The molecule has 0 spiro atoms. The Morgan fingerprint density at radius 2 is 1.77 bits per heavy atom. The van der Waals surface area contributed by atoms with E-state index in [0.717, 1.165) is 38.2 Å². The number of rotatable bonds is 15. The summed E-state index contributed by atoms with van der Waals surface area (Å²) in [5.74, 6) is -2.51. The standard InChI is InChI=1S/C22H34F2N2O4/c1-26(2,3)15-19(14-22(28)29)25-21(27)9-7-5-4-6-8-12-30-16-17-10-11-18(23)13-20(17)24/h10-11,13,19H,4-9,12,14-16H2,1-3H3,(H-,25,27,28,29). The molecule has 1 rings (SSSR count). The smallest absolute Gasteiger partial charge is 0.220 e. The number of likely N-dealkylation sites (N-methyl/N-ethyl adjacent to an activating group) is 1. The number of amides is 1. The number of carboxylic acids is 1. The Morgan fingerprint density at radius 1 is 1.10 bits per heavy atom. The molecule has 1 amide bonds. The van der Waals surface area contributed by atoms with Crippen molar-refractivity contribution >= 4 is 11.9 Å². The van der Waals surface area contributed by atoms with Crippen molar-refractivity contribution in [2.24, 2.45) is 0 Å². The molecule has 0 saturated carbocycles. The summed E-state index contributed by atoms with van der Waals surface area (Å²) in [6.07, 6.45) is 4.50. The average Bonchev–Trinajstić information content (AvgIpc) is 2.59. The third-order valence-electron chi connectivity index (χ3n) is 4.51. The van der Waals surface area contributed by atoms with Crippen LogP contribution in [0.4, 0.5) is 8.78 Å². The minimum atomic E-state index is -1.17. The molecule has 30 heavy (non-hydrogen) atoms. The lowest BCUT2D eigenvalue weighted by molar-refractivity contribution is -0.871. The summed E-state index contributed by atoms with van der Waals surface area (Å²) >= 11 is 0. The van der Waals surface area contributed by atoms with Crippen LogP contribution < -0.4 is 10.4 Å². The van der Waals surface area contributed by atoms with Gasteiger partial charge < -0.3 is 24.4 Å². The number of aliphatic carboxylic acids is 1. The van der Waals surface area contributed by atoms with E-state index >= 15 is 0 Å². The van der Waals surface area contributed by atoms with Crippen molar-refractivity contribution in [3.63, 3.8) is 0 Å². The van der Waals surface area contributed by atoms with Gasteiger partial charge in [-0.1, -0.05) is 25.3 Å². The number of benzene rings is 1. The Hall–Kier alpha value is -2.06. The van der Waals surface area contributed by atoms with Crippen LogP contribution in [0.5, 0.6) is 0 Å². The van der Waals surface area contributed by atoms with E-state index in [1.165, 1.54) is 12.1 Å². The zero-order valence-corrected chi connectivity index (χ0v) is 18.2. The second-order valence-electron chi connectivity index (χ2n) is 8.62. The molecule has 1 unspecified atom stereocenters. The first-order chi connectivity index (χ1) is 14.1. The maximum atomic E-state index is 13.5. The maximum Gasteiger partial charge on any atom is 0.220 e. The van der Waals surface area contributed by atoms with Crippen LogP contribution in [0.25, 0.3) is 0 Å². The van der Waals surface area contributed by atoms with Crippen LogP contribution >= 0.6 is 0 Å². The number of unbranched alkanes of at least 4 members (excludes halogenated alkanes) is 4. The largest absolute Gasteiger partial charge is 0.550 e. The number of carbonyl (C=O) groups excluding carboxylic acids is 2. The summed E-state index contributed by atoms with van der Waals surface area (Å²) in [6, 6.07) is 3.00. The highest BCUT2D eigenvalue weighted by atomic mass is 19.1. The van der Waals surface area contributed by atoms with Gasteiger partial charge in [-0.2, -0.15) is 0 Å². The molecule has 8 heteroatoms. The molecule has 0 aliphatic carbocycles. The summed E-state index contributed by atoms with van der Waals surface area (Å²) < 4.78 is 32.3. The van der Waals surface area contributed by atoms with Gasteiger partial charge in [-0.3, -0.25) is 4.79 Å². The molecule has 6 nitrogen and oxygen atoms in total. The van der Waals surface area contributed by atoms with Crippen LogP contribution in [-0.4, -0.2) is 56.7 Å². The summed E-state index contributed by atoms with van der Waals surface area (Å²) in [4.78, 5) is 23.0. The van der Waals surface area contributed by atoms with E-state index in [9.17, 15) is 23.5 Å². The van der Waals surface area contributed by atoms with Crippen molar-refractivity contribution in [1.29, 1.82) is 0 Å². The molecule has 1 N–H and O–H groups in total. The third-order valence-corrected chi connectivity index (χ3v) is 4.51. The molecular weight excluding hydrogens is 394 g/mol. The van der Waals surface area contributed by atoms with Crippen LogP contribution in [0.3, 0.4) is 0 Å². The van der Waals surface area contributed by atoms with Crippen LogP contribution in [0.2, 0.25) is 0 Å². The first-order valence-electron chi connectivity index (χ1n) is 10.4. The maximum absolute atomic E-state index is 13.5. The topological polar surface area (TPSA) is 78.5 Å². The monoisotopic (exact) mass is 428 g/mol. The van der Waals surface area contributed by atoms with Crippen LogP contribution in [0, 0.1) is 11.6 Å². The molecule has 0 radical (unpaired) electrons. The highest BCUT2D eigenvalue weighted by Gasteiger charge is 2.20. The van der Waals surface area contributed by atoms with E-state index in [4.69, 9.17) is 4.74 Å². The number of quaternary nitrogens is 1. The third kappa shape index (κ3) is 12.5. The second kappa shape index (κ2) is 13.3. The number of hydrogen-bond donors (Lipinski definition) is 1. The average molecular weight is 429 g/mol. The number of carbonyl (C=O) groups is 2. The number of nitrogens with one attached hydrogen (secondary N) is 1. The summed E-state index contributed by atoms with van der Waals surface area (Å²) in [5, 5.41) is 13.7. The normalized spacial score (nSPS) is 12.6. The van der Waals surface area contributed by atoms with Crippen LogP contribution in [0.1, 0.15) is 50.5 Å². The molecule has 0 heterocycles. The Labute approximate surface area is 177 Å². The lowest BCUT2D eigenvalue weighted by atomic mass is 10.1. The SMILES string of the molecule is C[N+](C)(C)CC(CC(=O)[O-])NC(=O)CCCCCCCOCc1ccc(F)cc1F. The molecule has 0 fully saturated rings. The van der Waals surface area contributed by atoms with Crippen molar-refractivity contribution in [2.75, 3.05) is 34.3 Å². The first-order valence-corrected chi connectivity index (χ1v) is 10.4. The van der Waals surface area contributed by atoms with Gasteiger partial charge in [-0.25, -0.2) is 8.78 Å². The predicted molar refractivity (Wildman–Crippen MR) is 108 cm³/mol. The van der Waals surface area contributed by atoms with E-state index in [1.807, 2.05) is 21.1 Å². The number of ether oxygens (including phenoxy) is 1. The summed E-state index contributed by atoms with van der Waals surface area (Å²) in [6.45, 7) is 1.13. The molecule has 0 saturated heterocycles. The molecule has 0 aromatic heterocycles. The fourth-order valence-electron chi connectivity index (χ4n) is 3.16. The van der Waals surface area contributed by atoms with Gasteiger partial charge in [0.25, 0.3) is 0 Å². The van der Waals surface area contributed by atoms with Gasteiger partial charge in [0.1, 0.15) is 11.6 Å². The molecule has 1 aromatic carbocycles. The molecular formula is C22H34F2N2O4. The van der Waals surface area contributed by atoms with Gasteiger partial charge in [-0.15, -0.1) is 0 Å².